The molecule has 0 unspecified atom stereocenters. The highest BCUT2D eigenvalue weighted by atomic mass is 15.2. The third-order valence-corrected chi connectivity index (χ3v) is 14.1. The summed E-state index contributed by atoms with van der Waals surface area (Å²) in [5, 5.41) is 0. The Kier molecular flexibility index (Phi) is 13.2. The Morgan fingerprint density at radius 1 is 0.194 bits per heavy atom. The van der Waals surface area contributed by atoms with Gasteiger partial charge in [0.1, 0.15) is 0 Å². The second-order valence-corrected chi connectivity index (χ2v) is 19.7. The van der Waals surface area contributed by atoms with Crippen LogP contribution in [0.1, 0.15) is 50.1 Å². The van der Waals surface area contributed by atoms with Gasteiger partial charge in [0.15, 0.2) is 0 Å². The predicted molar refractivity (Wildman–Crippen MR) is 309 cm³/mol. The van der Waals surface area contributed by atoms with Crippen LogP contribution in [0.25, 0.3) is 33.4 Å². The van der Waals surface area contributed by atoms with E-state index in [2.05, 4.69) is 295 Å². The van der Waals surface area contributed by atoms with Crippen molar-refractivity contribution in [3.05, 3.63) is 268 Å². The van der Waals surface area contributed by atoms with Crippen LogP contribution in [0.3, 0.4) is 0 Å². The largest absolute Gasteiger partial charge is 0.310 e. The minimum atomic E-state index is 1.10. The molecule has 0 spiro atoms. The van der Waals surface area contributed by atoms with Gasteiger partial charge >= 0.3 is 0 Å². The van der Waals surface area contributed by atoms with Crippen molar-refractivity contribution in [2.75, 3.05) is 14.7 Å². The first-order chi connectivity index (χ1) is 34.9. The molecule has 0 heterocycles. The summed E-state index contributed by atoms with van der Waals surface area (Å²) >= 11 is 0. The lowest BCUT2D eigenvalue weighted by Crippen LogP contribution is -2.11. The highest BCUT2D eigenvalue weighted by molar-refractivity contribution is 5.99. The van der Waals surface area contributed by atoms with Crippen molar-refractivity contribution in [1.82, 2.24) is 0 Å². The first kappa shape index (κ1) is 47.3. The van der Waals surface area contributed by atoms with Gasteiger partial charge in [-0.05, 0) is 222 Å². The standard InChI is InChI=1S/C69H63N3/c1-46-13-26-55(27-14-46)70(56-28-15-47(2)16-29-56)61-39-41-64(53(8)43-61)66-11-10-12-67(65-42-40-62(44-54(65)9)71(57-30-17-48(3)18-31-57)58-32-19-49(4)20-33-58)69(66)68-45-63(38-25-52(68)7)72(59-34-21-50(5)22-35-59)60-36-23-51(6)24-37-60/h10-45H,1-9H3. The molecule has 0 fully saturated rings. The van der Waals surface area contributed by atoms with E-state index < -0.39 is 0 Å². The minimum Gasteiger partial charge on any atom is -0.310 e. The van der Waals surface area contributed by atoms with Crippen LogP contribution in [0.2, 0.25) is 0 Å². The summed E-state index contributed by atoms with van der Waals surface area (Å²) in [4.78, 5) is 7.12. The molecule has 0 aliphatic heterocycles. The zero-order chi connectivity index (χ0) is 50.0. The molecule has 0 aliphatic rings. The molecule has 10 rings (SSSR count). The van der Waals surface area contributed by atoms with E-state index in [4.69, 9.17) is 0 Å². The summed E-state index contributed by atoms with van der Waals surface area (Å²) in [6, 6.07) is 81.0. The first-order valence-corrected chi connectivity index (χ1v) is 25.1. The van der Waals surface area contributed by atoms with Crippen LogP contribution in [-0.2, 0) is 0 Å². The van der Waals surface area contributed by atoms with Crippen LogP contribution in [0.5, 0.6) is 0 Å². The monoisotopic (exact) mass is 934 g/mol. The molecule has 0 atom stereocenters. The zero-order valence-electron chi connectivity index (χ0n) is 43.1. The van der Waals surface area contributed by atoms with Crippen LogP contribution in [0.4, 0.5) is 51.2 Å². The highest BCUT2D eigenvalue weighted by Gasteiger charge is 2.23. The average molecular weight is 934 g/mol. The van der Waals surface area contributed by atoms with Crippen LogP contribution in [0, 0.1) is 62.3 Å². The zero-order valence-corrected chi connectivity index (χ0v) is 43.1. The normalized spacial score (nSPS) is 11.1. The summed E-state index contributed by atoms with van der Waals surface area (Å²) in [6.07, 6.45) is 0. The maximum absolute atomic E-state index is 2.41. The van der Waals surface area contributed by atoms with Crippen LogP contribution >= 0.6 is 0 Å². The Bertz CT molecular complexity index is 3210. The molecule has 72 heavy (non-hydrogen) atoms. The summed E-state index contributed by atoms with van der Waals surface area (Å²) < 4.78 is 0. The van der Waals surface area contributed by atoms with Crippen LogP contribution in [-0.4, -0.2) is 0 Å². The second kappa shape index (κ2) is 20.1. The molecule has 3 nitrogen and oxygen atoms in total. The van der Waals surface area contributed by atoms with Crippen molar-refractivity contribution in [3.63, 3.8) is 0 Å². The van der Waals surface area contributed by atoms with Gasteiger partial charge in [-0.15, -0.1) is 0 Å². The molecule has 10 aromatic rings. The fraction of sp³-hybridized carbons (Fsp3) is 0.130. The minimum absolute atomic E-state index is 1.10. The number of aryl methyl sites for hydroxylation is 9. The van der Waals surface area contributed by atoms with Gasteiger partial charge in [-0.2, -0.15) is 0 Å². The molecule has 10 aromatic carbocycles. The van der Waals surface area contributed by atoms with Crippen molar-refractivity contribution in [2.45, 2.75) is 62.3 Å². The molecule has 0 aliphatic carbocycles. The topological polar surface area (TPSA) is 9.72 Å². The highest BCUT2D eigenvalue weighted by Crippen LogP contribution is 2.48. The van der Waals surface area contributed by atoms with Gasteiger partial charge in [-0.1, -0.05) is 143 Å². The third-order valence-electron chi connectivity index (χ3n) is 14.1. The van der Waals surface area contributed by atoms with Crippen molar-refractivity contribution in [1.29, 1.82) is 0 Å². The molecule has 0 saturated heterocycles. The van der Waals surface area contributed by atoms with Crippen molar-refractivity contribution < 1.29 is 0 Å². The lowest BCUT2D eigenvalue weighted by atomic mass is 9.83. The molecule has 0 N–H and O–H groups in total. The molecular formula is C69H63N3. The summed E-state index contributed by atoms with van der Waals surface area (Å²) in [5.74, 6) is 0. The Balaban J connectivity index is 1.17. The summed E-state index contributed by atoms with van der Waals surface area (Å²) in [6.45, 7) is 19.7. The molecule has 0 aromatic heterocycles. The van der Waals surface area contributed by atoms with Crippen molar-refractivity contribution in [2.24, 2.45) is 0 Å². The van der Waals surface area contributed by atoms with Crippen LogP contribution < -0.4 is 14.7 Å². The summed E-state index contributed by atoms with van der Waals surface area (Å²) in [5.41, 5.74) is 28.2. The average Bonchev–Trinajstić information content (AvgIpc) is 3.38. The fourth-order valence-corrected chi connectivity index (χ4v) is 9.99. The van der Waals surface area contributed by atoms with E-state index in [9.17, 15) is 0 Å². The van der Waals surface area contributed by atoms with E-state index in [1.54, 1.807) is 0 Å². The molecule has 354 valence electrons. The smallest absolute Gasteiger partial charge is 0.0467 e. The summed E-state index contributed by atoms with van der Waals surface area (Å²) in [7, 11) is 0. The fourth-order valence-electron chi connectivity index (χ4n) is 9.99. The number of rotatable bonds is 12. The number of hydrogen-bond donors (Lipinski definition) is 0. The van der Waals surface area contributed by atoms with Gasteiger partial charge in [0.05, 0.1) is 0 Å². The van der Waals surface area contributed by atoms with E-state index in [-0.39, 0.29) is 0 Å². The molecule has 0 radical (unpaired) electrons. The molecule has 3 heteroatoms. The number of hydrogen-bond acceptors (Lipinski definition) is 3. The number of benzene rings is 10. The Morgan fingerprint density at radius 3 is 0.722 bits per heavy atom. The van der Waals surface area contributed by atoms with Crippen molar-refractivity contribution >= 4 is 51.2 Å². The van der Waals surface area contributed by atoms with Gasteiger partial charge in [0.2, 0.25) is 0 Å². The first-order valence-electron chi connectivity index (χ1n) is 25.1. The number of nitrogens with zero attached hydrogens (tertiary/aromatic N) is 3. The van der Waals surface area contributed by atoms with E-state index in [0.717, 1.165) is 51.2 Å². The lowest BCUT2D eigenvalue weighted by Gasteiger charge is -2.28. The quantitative estimate of drug-likeness (QED) is 0.121. The van der Waals surface area contributed by atoms with Crippen molar-refractivity contribution in [3.8, 4) is 33.4 Å². The lowest BCUT2D eigenvalue weighted by molar-refractivity contribution is 1.25. The Morgan fingerprint density at radius 2 is 0.444 bits per heavy atom. The maximum atomic E-state index is 2.41. The van der Waals surface area contributed by atoms with E-state index in [0.29, 0.717) is 0 Å². The second-order valence-electron chi connectivity index (χ2n) is 19.7. The predicted octanol–water partition coefficient (Wildman–Crippen LogP) is 19.9. The van der Waals surface area contributed by atoms with Gasteiger partial charge in [-0.3, -0.25) is 0 Å². The third kappa shape index (κ3) is 9.71. The Labute approximate surface area is 428 Å². The van der Waals surface area contributed by atoms with E-state index in [1.807, 2.05) is 0 Å². The van der Waals surface area contributed by atoms with Gasteiger partial charge in [0, 0.05) is 51.2 Å². The molecule has 0 saturated carbocycles. The maximum Gasteiger partial charge on any atom is 0.0467 e. The SMILES string of the molecule is Cc1ccc(N(c2ccc(C)cc2)c2ccc(-c3cccc(-c4ccc(N(c5ccc(C)cc5)c5ccc(C)cc5)cc4C)c3-c3cc(N(c4ccc(C)cc4)c4ccc(C)cc4)ccc3C)c(C)c2)cc1. The van der Waals surface area contributed by atoms with E-state index in [1.165, 1.54) is 83.5 Å². The van der Waals surface area contributed by atoms with Crippen LogP contribution in [0.15, 0.2) is 218 Å². The molecule has 0 bridgehead atoms. The van der Waals surface area contributed by atoms with Gasteiger partial charge < -0.3 is 14.7 Å². The number of anilines is 9. The van der Waals surface area contributed by atoms with Gasteiger partial charge in [0.25, 0.3) is 0 Å². The molecule has 0 amide bonds. The van der Waals surface area contributed by atoms with E-state index >= 15 is 0 Å². The Hall–Kier alpha value is -8.40. The molecular weight excluding hydrogens is 871 g/mol. The van der Waals surface area contributed by atoms with Gasteiger partial charge in [-0.25, -0.2) is 0 Å².